The van der Waals surface area contributed by atoms with E-state index < -0.39 is 11.9 Å². The Hall–Kier alpha value is -4.53. The maximum absolute atomic E-state index is 12.6. The molecule has 38 heavy (non-hydrogen) atoms. The van der Waals surface area contributed by atoms with Gasteiger partial charge in [0, 0.05) is 15.6 Å². The minimum absolute atomic E-state index is 0.228. The van der Waals surface area contributed by atoms with Gasteiger partial charge in [-0.25, -0.2) is 10.2 Å². The van der Waals surface area contributed by atoms with Crippen molar-refractivity contribution in [3.05, 3.63) is 112 Å². The Labute approximate surface area is 226 Å². The molecule has 5 rings (SSSR count). The van der Waals surface area contributed by atoms with Crippen molar-refractivity contribution in [1.29, 1.82) is 0 Å². The first-order valence-electron chi connectivity index (χ1n) is 11.6. The maximum Gasteiger partial charge on any atom is 0.355 e. The Morgan fingerprint density at radius 1 is 0.868 bits per heavy atom. The van der Waals surface area contributed by atoms with Crippen molar-refractivity contribution < 1.29 is 19.1 Å². The summed E-state index contributed by atoms with van der Waals surface area (Å²) in [5.41, 5.74) is 3.55. The summed E-state index contributed by atoms with van der Waals surface area (Å²) in [5.74, 6) is -1.00. The number of hydrogen-bond donors (Lipinski definition) is 2. The van der Waals surface area contributed by atoms with Crippen molar-refractivity contribution in [2.75, 3.05) is 6.54 Å². The van der Waals surface area contributed by atoms with Gasteiger partial charge >= 0.3 is 5.97 Å². The van der Waals surface area contributed by atoms with E-state index in [1.165, 1.54) is 17.6 Å². The lowest BCUT2D eigenvalue weighted by Gasteiger charge is -2.07. The molecule has 1 heterocycles. The van der Waals surface area contributed by atoms with Crippen molar-refractivity contribution in [3.63, 3.8) is 0 Å². The van der Waals surface area contributed by atoms with E-state index in [1.54, 1.807) is 36.4 Å². The fourth-order valence-corrected chi connectivity index (χ4v) is 5.20. The third-order valence-corrected chi connectivity index (χ3v) is 7.31. The van der Waals surface area contributed by atoms with Crippen molar-refractivity contribution >= 4 is 67.8 Å². The average molecular weight is 542 g/mol. The van der Waals surface area contributed by atoms with Gasteiger partial charge in [-0.1, -0.05) is 66.2 Å². The Bertz CT molecular complexity index is 1690. The minimum atomic E-state index is -0.532. The smallest absolute Gasteiger partial charge is 0.355 e. The highest BCUT2D eigenvalue weighted by molar-refractivity contribution is 7.21. The van der Waals surface area contributed by atoms with E-state index in [2.05, 4.69) is 15.8 Å². The molecule has 2 N–H and O–H groups in total. The van der Waals surface area contributed by atoms with E-state index in [0.29, 0.717) is 26.8 Å². The number of halogens is 1. The van der Waals surface area contributed by atoms with Crippen LogP contribution in [0.5, 0.6) is 5.75 Å². The van der Waals surface area contributed by atoms with E-state index in [0.717, 1.165) is 20.9 Å². The first kappa shape index (κ1) is 25.1. The van der Waals surface area contributed by atoms with Gasteiger partial charge in [-0.3, -0.25) is 9.59 Å². The molecular formula is C29H20ClN3O4S. The normalized spacial score (nSPS) is 11.1. The van der Waals surface area contributed by atoms with Crippen LogP contribution in [0.25, 0.3) is 20.9 Å². The number of esters is 1. The summed E-state index contributed by atoms with van der Waals surface area (Å²) in [4.78, 5) is 37.6. The first-order valence-corrected chi connectivity index (χ1v) is 12.8. The molecule has 0 aliphatic carbocycles. The van der Waals surface area contributed by atoms with Gasteiger partial charge in [0.2, 0.25) is 0 Å². The van der Waals surface area contributed by atoms with Crippen LogP contribution in [0.1, 0.15) is 25.6 Å². The Morgan fingerprint density at radius 3 is 2.37 bits per heavy atom. The van der Waals surface area contributed by atoms with Crippen LogP contribution >= 0.6 is 22.9 Å². The minimum Gasteiger partial charge on any atom is -0.422 e. The predicted octanol–water partition coefficient (Wildman–Crippen LogP) is 5.81. The van der Waals surface area contributed by atoms with Crippen molar-refractivity contribution in [2.24, 2.45) is 5.10 Å². The van der Waals surface area contributed by atoms with Crippen molar-refractivity contribution in [3.8, 4) is 5.75 Å². The van der Waals surface area contributed by atoms with Gasteiger partial charge < -0.3 is 10.1 Å². The monoisotopic (exact) mass is 541 g/mol. The van der Waals surface area contributed by atoms with Gasteiger partial charge in [-0.05, 0) is 52.7 Å². The van der Waals surface area contributed by atoms with E-state index in [4.69, 9.17) is 16.3 Å². The van der Waals surface area contributed by atoms with Crippen LogP contribution in [0.15, 0.2) is 96.1 Å². The number of rotatable bonds is 7. The molecule has 4 aromatic carbocycles. The largest absolute Gasteiger partial charge is 0.422 e. The number of ether oxygens (including phenoxy) is 1. The molecule has 0 spiro atoms. The standard InChI is InChI=1S/C29H20ClN3O4S/c30-26-23-9-3-4-11-24(23)38-27(26)29(36)37-20-14-12-18(13-15-20)16-32-33-25(34)17-31-28(35)22-10-5-7-19-6-1-2-8-21(19)22/h1-16H,17H2,(H,31,35)(H,33,34)/b32-16+. The topological polar surface area (TPSA) is 96.9 Å². The molecule has 1 aromatic heterocycles. The van der Waals surface area contributed by atoms with Gasteiger partial charge in [0.25, 0.3) is 11.8 Å². The highest BCUT2D eigenvalue weighted by Gasteiger charge is 2.19. The second-order valence-electron chi connectivity index (χ2n) is 8.20. The van der Waals surface area contributed by atoms with Crippen LogP contribution in [0, 0.1) is 0 Å². The second kappa shape index (κ2) is 11.2. The number of nitrogens with zero attached hydrogens (tertiary/aromatic N) is 1. The lowest BCUT2D eigenvalue weighted by molar-refractivity contribution is -0.120. The number of fused-ring (bicyclic) bond motifs is 2. The molecule has 0 unspecified atom stereocenters. The summed E-state index contributed by atoms with van der Waals surface area (Å²) in [6, 6.07) is 27.1. The van der Waals surface area contributed by atoms with Crippen molar-refractivity contribution in [2.45, 2.75) is 0 Å². The molecular weight excluding hydrogens is 522 g/mol. The summed E-state index contributed by atoms with van der Waals surface area (Å²) < 4.78 is 6.37. The van der Waals surface area contributed by atoms with Crippen LogP contribution in [0.3, 0.4) is 0 Å². The molecule has 7 nitrogen and oxygen atoms in total. The molecule has 0 atom stereocenters. The lowest BCUT2D eigenvalue weighted by Crippen LogP contribution is -2.35. The zero-order chi connectivity index (χ0) is 26.5. The number of hydrogen-bond acceptors (Lipinski definition) is 6. The van der Waals surface area contributed by atoms with E-state index in [-0.39, 0.29) is 12.5 Å². The van der Waals surface area contributed by atoms with Crippen LogP contribution in [-0.2, 0) is 4.79 Å². The quantitative estimate of drug-likeness (QED) is 0.118. The van der Waals surface area contributed by atoms with Gasteiger partial charge in [-0.15, -0.1) is 11.3 Å². The van der Waals surface area contributed by atoms with Crippen molar-refractivity contribution in [1.82, 2.24) is 10.7 Å². The SMILES string of the molecule is O=C(CNC(=O)c1cccc2ccccc12)N/N=C/c1ccc(OC(=O)c2sc3ccccc3c2Cl)cc1. The summed E-state index contributed by atoms with van der Waals surface area (Å²) >= 11 is 7.63. The number of thiophene rings is 1. The molecule has 9 heteroatoms. The van der Waals surface area contributed by atoms with Crippen LogP contribution in [0.4, 0.5) is 0 Å². The molecule has 188 valence electrons. The third-order valence-electron chi connectivity index (χ3n) is 5.66. The lowest BCUT2D eigenvalue weighted by atomic mass is 10.0. The second-order valence-corrected chi connectivity index (χ2v) is 9.63. The zero-order valence-electron chi connectivity index (χ0n) is 19.8. The fraction of sp³-hybridized carbons (Fsp3) is 0.0345. The first-order chi connectivity index (χ1) is 18.5. The zero-order valence-corrected chi connectivity index (χ0v) is 21.4. The van der Waals surface area contributed by atoms with E-state index in [9.17, 15) is 14.4 Å². The van der Waals surface area contributed by atoms with E-state index in [1.807, 2.05) is 54.6 Å². The molecule has 2 amide bonds. The Morgan fingerprint density at radius 2 is 1.58 bits per heavy atom. The summed E-state index contributed by atoms with van der Waals surface area (Å²) in [6.45, 7) is -0.228. The summed E-state index contributed by atoms with van der Waals surface area (Å²) in [7, 11) is 0. The molecule has 0 radical (unpaired) electrons. The summed E-state index contributed by atoms with van der Waals surface area (Å²) in [6.07, 6.45) is 1.44. The average Bonchev–Trinajstić information content (AvgIpc) is 3.29. The van der Waals surface area contributed by atoms with Gasteiger partial charge in [0.05, 0.1) is 17.8 Å². The molecule has 5 aromatic rings. The molecule has 0 aliphatic heterocycles. The third kappa shape index (κ3) is 5.56. The number of nitrogens with one attached hydrogen (secondary N) is 2. The molecule has 0 fully saturated rings. The van der Waals surface area contributed by atoms with Gasteiger partial charge in [0.1, 0.15) is 10.6 Å². The predicted molar refractivity (Wildman–Crippen MR) is 150 cm³/mol. The number of hydrazone groups is 1. The molecule has 0 saturated carbocycles. The number of benzene rings is 4. The Kier molecular flexibility index (Phi) is 7.44. The summed E-state index contributed by atoms with van der Waals surface area (Å²) in [5, 5.41) is 9.47. The van der Waals surface area contributed by atoms with Crippen LogP contribution < -0.4 is 15.5 Å². The fourth-order valence-electron chi connectivity index (χ4n) is 3.82. The van der Waals surface area contributed by atoms with Crippen LogP contribution in [0.2, 0.25) is 5.02 Å². The number of carbonyl (C=O) groups excluding carboxylic acids is 3. The molecule has 0 saturated heterocycles. The maximum atomic E-state index is 12.6. The van der Waals surface area contributed by atoms with E-state index >= 15 is 0 Å². The number of amides is 2. The highest BCUT2D eigenvalue weighted by Crippen LogP contribution is 2.35. The van der Waals surface area contributed by atoms with Gasteiger partial charge in [-0.2, -0.15) is 5.10 Å². The molecule has 0 bridgehead atoms. The molecule has 0 aliphatic rings. The Balaban J connectivity index is 1.12. The number of carbonyl (C=O) groups is 3. The van der Waals surface area contributed by atoms with Crippen LogP contribution in [-0.4, -0.2) is 30.5 Å². The van der Waals surface area contributed by atoms with Gasteiger partial charge in [0.15, 0.2) is 0 Å². The highest BCUT2D eigenvalue weighted by atomic mass is 35.5.